The van der Waals surface area contributed by atoms with E-state index in [4.69, 9.17) is 5.73 Å². The Balaban J connectivity index is 2.26. The van der Waals surface area contributed by atoms with Crippen LogP contribution in [-0.4, -0.2) is 18.1 Å². The minimum Gasteiger partial charge on any atom is -0.328 e. The molecule has 0 saturated heterocycles. The Morgan fingerprint density at radius 2 is 2.14 bits per heavy atom. The lowest BCUT2D eigenvalue weighted by Crippen LogP contribution is -2.44. The molecule has 3 N–H and O–H groups in total. The third kappa shape index (κ3) is 3.97. The number of nitrogens with one attached hydrogen (secondary N) is 1. The molecule has 84 valence electrons. The molecule has 0 bridgehead atoms. The molecule has 1 saturated carbocycles. The summed E-state index contributed by atoms with van der Waals surface area (Å²) in [7, 11) is 0. The molecule has 1 rings (SSSR count). The summed E-state index contributed by atoms with van der Waals surface area (Å²) in [6, 6.07) is 1.85. The maximum absolute atomic E-state index is 5.98. The second-order valence-corrected chi connectivity index (χ2v) is 4.68. The number of hydrogen-bond acceptors (Lipinski definition) is 2. The summed E-state index contributed by atoms with van der Waals surface area (Å²) >= 11 is 0. The summed E-state index contributed by atoms with van der Waals surface area (Å²) < 4.78 is 0. The first-order valence-corrected chi connectivity index (χ1v) is 6.27. The van der Waals surface area contributed by atoms with Crippen molar-refractivity contribution in [3.05, 3.63) is 0 Å². The fourth-order valence-corrected chi connectivity index (χ4v) is 2.47. The fraction of sp³-hybridized carbons (Fsp3) is 1.00. The van der Waals surface area contributed by atoms with Gasteiger partial charge in [-0.1, -0.05) is 26.7 Å². The van der Waals surface area contributed by atoms with Crippen molar-refractivity contribution < 1.29 is 0 Å². The Bertz CT molecular complexity index is 147. The average Bonchev–Trinajstić information content (AvgIpc) is 2.17. The standard InChI is InChI=1S/C12H26N2/c1-3-6-11(4-2)14-12-8-5-7-10(13)9-12/h10-12,14H,3-9,13H2,1-2H3. The molecule has 3 unspecified atom stereocenters. The number of hydrogen-bond donors (Lipinski definition) is 2. The van der Waals surface area contributed by atoms with Gasteiger partial charge >= 0.3 is 0 Å². The van der Waals surface area contributed by atoms with Crippen LogP contribution < -0.4 is 11.1 Å². The van der Waals surface area contributed by atoms with Crippen molar-refractivity contribution in [2.45, 2.75) is 76.9 Å². The van der Waals surface area contributed by atoms with Crippen LogP contribution in [-0.2, 0) is 0 Å². The molecule has 1 aliphatic rings. The SMILES string of the molecule is CCCC(CC)NC1CCCC(N)C1. The van der Waals surface area contributed by atoms with Crippen LogP contribution >= 0.6 is 0 Å². The third-order valence-corrected chi connectivity index (χ3v) is 3.32. The highest BCUT2D eigenvalue weighted by Gasteiger charge is 2.20. The Labute approximate surface area is 88.6 Å². The van der Waals surface area contributed by atoms with Gasteiger partial charge in [0.2, 0.25) is 0 Å². The summed E-state index contributed by atoms with van der Waals surface area (Å²) in [5, 5.41) is 3.76. The van der Waals surface area contributed by atoms with Crippen LogP contribution in [0.3, 0.4) is 0 Å². The van der Waals surface area contributed by atoms with Gasteiger partial charge in [0.05, 0.1) is 0 Å². The molecule has 0 spiro atoms. The van der Waals surface area contributed by atoms with E-state index in [2.05, 4.69) is 19.2 Å². The molecule has 2 nitrogen and oxygen atoms in total. The summed E-state index contributed by atoms with van der Waals surface area (Å²) in [6.45, 7) is 4.53. The predicted molar refractivity (Wildman–Crippen MR) is 62.4 cm³/mol. The van der Waals surface area contributed by atoms with E-state index in [1.807, 2.05) is 0 Å². The summed E-state index contributed by atoms with van der Waals surface area (Å²) in [5.74, 6) is 0. The van der Waals surface area contributed by atoms with Gasteiger partial charge in [0.15, 0.2) is 0 Å². The Morgan fingerprint density at radius 1 is 1.36 bits per heavy atom. The quantitative estimate of drug-likeness (QED) is 0.712. The molecule has 0 aliphatic heterocycles. The highest BCUT2D eigenvalue weighted by atomic mass is 15.0. The van der Waals surface area contributed by atoms with Crippen LogP contribution in [0.2, 0.25) is 0 Å². The van der Waals surface area contributed by atoms with Crippen LogP contribution in [0.4, 0.5) is 0 Å². The van der Waals surface area contributed by atoms with Gasteiger partial charge in [0.1, 0.15) is 0 Å². The summed E-state index contributed by atoms with van der Waals surface area (Å²) in [4.78, 5) is 0. The molecule has 0 aromatic rings. The molecule has 1 fully saturated rings. The van der Waals surface area contributed by atoms with Crippen molar-refractivity contribution in [3.8, 4) is 0 Å². The lowest BCUT2D eigenvalue weighted by molar-refractivity contribution is 0.300. The zero-order chi connectivity index (χ0) is 10.4. The van der Waals surface area contributed by atoms with Crippen molar-refractivity contribution >= 4 is 0 Å². The Hall–Kier alpha value is -0.0800. The Kier molecular flexibility index (Phi) is 5.49. The van der Waals surface area contributed by atoms with Gasteiger partial charge in [0, 0.05) is 18.1 Å². The maximum Gasteiger partial charge on any atom is 0.00843 e. The molecule has 3 atom stereocenters. The van der Waals surface area contributed by atoms with Crippen LogP contribution in [0.15, 0.2) is 0 Å². The van der Waals surface area contributed by atoms with Gasteiger partial charge in [-0.15, -0.1) is 0 Å². The van der Waals surface area contributed by atoms with Gasteiger partial charge in [-0.3, -0.25) is 0 Å². The van der Waals surface area contributed by atoms with Crippen LogP contribution in [0, 0.1) is 0 Å². The molecule has 0 aromatic heterocycles. The van der Waals surface area contributed by atoms with Crippen molar-refractivity contribution in [2.75, 3.05) is 0 Å². The first-order valence-electron chi connectivity index (χ1n) is 6.27. The smallest absolute Gasteiger partial charge is 0.00843 e. The van der Waals surface area contributed by atoms with Crippen LogP contribution in [0.1, 0.15) is 58.8 Å². The first-order chi connectivity index (χ1) is 6.76. The zero-order valence-electron chi connectivity index (χ0n) is 9.76. The van der Waals surface area contributed by atoms with E-state index in [0.29, 0.717) is 12.1 Å². The molecule has 0 radical (unpaired) electrons. The minimum atomic E-state index is 0.445. The van der Waals surface area contributed by atoms with E-state index in [0.717, 1.165) is 6.04 Å². The highest BCUT2D eigenvalue weighted by Crippen LogP contribution is 2.18. The second-order valence-electron chi connectivity index (χ2n) is 4.68. The van der Waals surface area contributed by atoms with Gasteiger partial charge in [0.25, 0.3) is 0 Å². The van der Waals surface area contributed by atoms with Gasteiger partial charge in [-0.25, -0.2) is 0 Å². The minimum absolute atomic E-state index is 0.445. The molecular weight excluding hydrogens is 172 g/mol. The van der Waals surface area contributed by atoms with Crippen LogP contribution in [0.25, 0.3) is 0 Å². The lowest BCUT2D eigenvalue weighted by Gasteiger charge is -2.31. The highest BCUT2D eigenvalue weighted by molar-refractivity contribution is 4.82. The number of rotatable bonds is 5. The monoisotopic (exact) mass is 198 g/mol. The van der Waals surface area contributed by atoms with Crippen molar-refractivity contribution in [1.82, 2.24) is 5.32 Å². The maximum atomic E-state index is 5.98. The molecular formula is C12H26N2. The van der Waals surface area contributed by atoms with Crippen molar-refractivity contribution in [3.63, 3.8) is 0 Å². The number of nitrogens with two attached hydrogens (primary N) is 1. The van der Waals surface area contributed by atoms with E-state index in [1.165, 1.54) is 44.9 Å². The fourth-order valence-electron chi connectivity index (χ4n) is 2.47. The molecule has 0 heterocycles. The van der Waals surface area contributed by atoms with E-state index < -0.39 is 0 Å². The van der Waals surface area contributed by atoms with Crippen molar-refractivity contribution in [2.24, 2.45) is 5.73 Å². The third-order valence-electron chi connectivity index (χ3n) is 3.32. The molecule has 0 aromatic carbocycles. The van der Waals surface area contributed by atoms with E-state index in [9.17, 15) is 0 Å². The summed E-state index contributed by atoms with van der Waals surface area (Å²) in [5.41, 5.74) is 5.98. The van der Waals surface area contributed by atoms with Gasteiger partial charge in [-0.05, 0) is 32.1 Å². The lowest BCUT2D eigenvalue weighted by atomic mass is 9.90. The molecule has 2 heteroatoms. The summed E-state index contributed by atoms with van der Waals surface area (Å²) in [6.07, 6.45) is 8.88. The Morgan fingerprint density at radius 3 is 2.71 bits per heavy atom. The zero-order valence-corrected chi connectivity index (χ0v) is 9.76. The second kappa shape index (κ2) is 6.41. The van der Waals surface area contributed by atoms with Crippen LogP contribution in [0.5, 0.6) is 0 Å². The first kappa shape index (κ1) is 12.0. The van der Waals surface area contributed by atoms with E-state index >= 15 is 0 Å². The normalized spacial score (nSPS) is 30.2. The molecule has 1 aliphatic carbocycles. The van der Waals surface area contributed by atoms with Gasteiger partial charge in [-0.2, -0.15) is 0 Å². The largest absolute Gasteiger partial charge is 0.328 e. The molecule has 14 heavy (non-hydrogen) atoms. The van der Waals surface area contributed by atoms with E-state index in [1.54, 1.807) is 0 Å². The average molecular weight is 198 g/mol. The van der Waals surface area contributed by atoms with Gasteiger partial charge < -0.3 is 11.1 Å². The topological polar surface area (TPSA) is 38.0 Å². The molecule has 0 amide bonds. The van der Waals surface area contributed by atoms with Crippen molar-refractivity contribution in [1.29, 1.82) is 0 Å². The predicted octanol–water partition coefficient (Wildman–Crippen LogP) is 2.42. The van der Waals surface area contributed by atoms with E-state index in [-0.39, 0.29) is 0 Å².